The fraction of sp³-hybridized carbons (Fsp3) is 0.364. The summed E-state index contributed by atoms with van der Waals surface area (Å²) in [4.78, 5) is 11.2. The van der Waals surface area contributed by atoms with Gasteiger partial charge in [-0.05, 0) is 18.2 Å². The van der Waals surface area contributed by atoms with Crippen LogP contribution in [-0.4, -0.2) is 26.3 Å². The molecule has 1 aromatic rings. The van der Waals surface area contributed by atoms with Gasteiger partial charge in [0.2, 0.25) is 0 Å². The van der Waals surface area contributed by atoms with Gasteiger partial charge < -0.3 is 20.5 Å². The topological polar surface area (TPSA) is 73.6 Å². The largest absolute Gasteiger partial charge is 0.496 e. The smallest absolute Gasteiger partial charge is 0.408 e. The van der Waals surface area contributed by atoms with E-state index in [1.54, 1.807) is 0 Å². The van der Waals surface area contributed by atoms with Crippen LogP contribution in [0.15, 0.2) is 18.2 Å². The molecule has 0 aromatic heterocycles. The number of carbonyl (C=O) groups is 1. The zero-order chi connectivity index (χ0) is 12.5. The van der Waals surface area contributed by atoms with E-state index in [1.165, 1.54) is 25.3 Å². The Morgan fingerprint density at radius 3 is 2.94 bits per heavy atom. The third kappa shape index (κ3) is 1.91. The van der Waals surface area contributed by atoms with Crippen LogP contribution in [0.2, 0.25) is 0 Å². The highest BCUT2D eigenvalue weighted by Crippen LogP contribution is 2.35. The van der Waals surface area contributed by atoms with Gasteiger partial charge in [0.05, 0.1) is 13.7 Å². The molecule has 0 spiro atoms. The van der Waals surface area contributed by atoms with Crippen molar-refractivity contribution in [2.75, 3.05) is 20.2 Å². The summed E-state index contributed by atoms with van der Waals surface area (Å²) in [5.41, 5.74) is 5.01. The molecular weight excluding hydrogens is 227 g/mol. The van der Waals surface area contributed by atoms with E-state index in [0.717, 1.165) is 0 Å². The van der Waals surface area contributed by atoms with Crippen LogP contribution in [0.1, 0.15) is 5.56 Å². The molecule has 1 saturated heterocycles. The first-order valence-electron chi connectivity index (χ1n) is 5.12. The molecule has 0 saturated carbocycles. The van der Waals surface area contributed by atoms with Crippen molar-refractivity contribution in [2.45, 2.75) is 5.60 Å². The Bertz CT molecular complexity index is 452. The molecule has 1 heterocycles. The van der Waals surface area contributed by atoms with Gasteiger partial charge in [0.15, 0.2) is 5.60 Å². The van der Waals surface area contributed by atoms with E-state index in [-0.39, 0.29) is 13.1 Å². The van der Waals surface area contributed by atoms with Gasteiger partial charge >= 0.3 is 6.09 Å². The lowest BCUT2D eigenvalue weighted by Crippen LogP contribution is -2.39. The normalized spacial score (nSPS) is 23.1. The van der Waals surface area contributed by atoms with Crippen molar-refractivity contribution in [1.29, 1.82) is 0 Å². The van der Waals surface area contributed by atoms with E-state index in [1.807, 2.05) is 0 Å². The second-order valence-corrected chi connectivity index (χ2v) is 3.79. The molecule has 2 rings (SSSR count). The molecular formula is C11H13FN2O3. The van der Waals surface area contributed by atoms with E-state index in [4.69, 9.17) is 15.2 Å². The Hall–Kier alpha value is -1.82. The second-order valence-electron chi connectivity index (χ2n) is 3.79. The van der Waals surface area contributed by atoms with Crippen LogP contribution in [-0.2, 0) is 10.3 Å². The summed E-state index contributed by atoms with van der Waals surface area (Å²) < 4.78 is 23.6. The molecule has 0 aliphatic carbocycles. The third-order valence-electron chi connectivity index (χ3n) is 2.79. The van der Waals surface area contributed by atoms with Gasteiger partial charge in [0.1, 0.15) is 11.6 Å². The predicted molar refractivity (Wildman–Crippen MR) is 58.2 cm³/mol. The van der Waals surface area contributed by atoms with Crippen molar-refractivity contribution in [3.8, 4) is 5.75 Å². The number of cyclic esters (lactones) is 1. The van der Waals surface area contributed by atoms with Gasteiger partial charge in [-0.1, -0.05) is 0 Å². The number of alkyl carbamates (subject to hydrolysis) is 1. The van der Waals surface area contributed by atoms with Gasteiger partial charge in [0, 0.05) is 12.1 Å². The number of ether oxygens (including phenoxy) is 2. The first-order chi connectivity index (χ1) is 8.11. The number of methoxy groups -OCH3 is 1. The molecule has 1 atom stereocenters. The van der Waals surface area contributed by atoms with E-state index in [9.17, 15) is 9.18 Å². The molecule has 1 unspecified atom stereocenters. The van der Waals surface area contributed by atoms with Gasteiger partial charge in [0.25, 0.3) is 0 Å². The van der Waals surface area contributed by atoms with E-state index < -0.39 is 17.5 Å². The number of benzene rings is 1. The van der Waals surface area contributed by atoms with Crippen LogP contribution in [0.25, 0.3) is 0 Å². The highest BCUT2D eigenvalue weighted by molar-refractivity contribution is 5.71. The molecule has 1 fully saturated rings. The highest BCUT2D eigenvalue weighted by atomic mass is 19.1. The van der Waals surface area contributed by atoms with Crippen LogP contribution in [0.4, 0.5) is 9.18 Å². The summed E-state index contributed by atoms with van der Waals surface area (Å²) in [6.07, 6.45) is -0.568. The Kier molecular flexibility index (Phi) is 2.89. The highest BCUT2D eigenvalue weighted by Gasteiger charge is 2.43. The number of hydrogen-bond donors (Lipinski definition) is 2. The summed E-state index contributed by atoms with van der Waals surface area (Å²) in [6, 6.07) is 4.02. The molecule has 92 valence electrons. The number of halogens is 1. The fourth-order valence-corrected chi connectivity index (χ4v) is 1.87. The van der Waals surface area contributed by atoms with Gasteiger partial charge in [-0.25, -0.2) is 9.18 Å². The van der Waals surface area contributed by atoms with Crippen molar-refractivity contribution >= 4 is 6.09 Å². The zero-order valence-electron chi connectivity index (χ0n) is 9.33. The number of amides is 1. The van der Waals surface area contributed by atoms with Gasteiger partial charge in [-0.15, -0.1) is 0 Å². The Morgan fingerprint density at radius 2 is 2.41 bits per heavy atom. The van der Waals surface area contributed by atoms with Crippen LogP contribution in [0.3, 0.4) is 0 Å². The maximum absolute atomic E-state index is 13.3. The molecule has 17 heavy (non-hydrogen) atoms. The number of nitrogens with one attached hydrogen (secondary N) is 1. The van der Waals surface area contributed by atoms with Crippen molar-refractivity contribution < 1.29 is 18.7 Å². The molecule has 0 radical (unpaired) electrons. The summed E-state index contributed by atoms with van der Waals surface area (Å²) in [6.45, 7) is 0.244. The van der Waals surface area contributed by atoms with Crippen molar-refractivity contribution in [1.82, 2.24) is 5.32 Å². The van der Waals surface area contributed by atoms with E-state index in [0.29, 0.717) is 11.3 Å². The Balaban J connectivity index is 2.50. The number of carbonyl (C=O) groups excluding carboxylic acids is 1. The molecule has 0 bridgehead atoms. The average Bonchev–Trinajstić information content (AvgIpc) is 2.72. The number of hydrogen-bond acceptors (Lipinski definition) is 4. The molecule has 1 amide bonds. The lowest BCUT2D eigenvalue weighted by molar-refractivity contribution is 0.0594. The summed E-state index contributed by atoms with van der Waals surface area (Å²) in [7, 11) is 1.46. The van der Waals surface area contributed by atoms with E-state index >= 15 is 0 Å². The lowest BCUT2D eigenvalue weighted by atomic mass is 9.93. The van der Waals surface area contributed by atoms with Gasteiger partial charge in [-0.3, -0.25) is 0 Å². The van der Waals surface area contributed by atoms with Crippen LogP contribution in [0.5, 0.6) is 5.75 Å². The van der Waals surface area contributed by atoms with E-state index in [2.05, 4.69) is 5.32 Å². The zero-order valence-corrected chi connectivity index (χ0v) is 9.33. The maximum Gasteiger partial charge on any atom is 0.408 e. The standard InChI is InChI=1S/C11H13FN2O3/c1-16-9-3-2-7(12)4-8(9)11(5-13)6-14-10(15)17-11/h2-4H,5-6,13H2,1H3,(H,14,15). The van der Waals surface area contributed by atoms with Gasteiger partial charge in [-0.2, -0.15) is 0 Å². The molecule has 1 aliphatic rings. The number of rotatable bonds is 3. The summed E-state index contributed by atoms with van der Waals surface area (Å²) >= 11 is 0. The Morgan fingerprint density at radius 1 is 1.65 bits per heavy atom. The minimum atomic E-state index is -1.06. The fourth-order valence-electron chi connectivity index (χ4n) is 1.87. The van der Waals surface area contributed by atoms with Crippen molar-refractivity contribution in [2.24, 2.45) is 5.73 Å². The predicted octanol–water partition coefficient (Wildman–Crippen LogP) is 0.728. The van der Waals surface area contributed by atoms with Crippen LogP contribution in [0, 0.1) is 5.82 Å². The molecule has 1 aromatic carbocycles. The lowest BCUT2D eigenvalue weighted by Gasteiger charge is -2.26. The number of nitrogens with two attached hydrogens (primary N) is 1. The summed E-state index contributed by atoms with van der Waals surface area (Å²) in [5, 5.41) is 2.51. The monoisotopic (exact) mass is 240 g/mol. The maximum atomic E-state index is 13.3. The molecule has 6 heteroatoms. The quantitative estimate of drug-likeness (QED) is 0.816. The first kappa shape index (κ1) is 11.7. The average molecular weight is 240 g/mol. The van der Waals surface area contributed by atoms with Crippen molar-refractivity contribution in [3.63, 3.8) is 0 Å². The SMILES string of the molecule is COc1ccc(F)cc1C1(CN)CNC(=O)O1. The molecule has 1 aliphatic heterocycles. The second kappa shape index (κ2) is 4.21. The molecule has 5 nitrogen and oxygen atoms in total. The first-order valence-corrected chi connectivity index (χ1v) is 5.12. The van der Waals surface area contributed by atoms with Crippen molar-refractivity contribution in [3.05, 3.63) is 29.6 Å². The summed E-state index contributed by atoms with van der Waals surface area (Å²) in [5.74, 6) is 0.00456. The van der Waals surface area contributed by atoms with Crippen LogP contribution >= 0.6 is 0 Å². The van der Waals surface area contributed by atoms with Crippen LogP contribution < -0.4 is 15.8 Å². The minimum Gasteiger partial charge on any atom is -0.496 e. The molecule has 3 N–H and O–H groups in total. The minimum absolute atomic E-state index is 0.0472. The third-order valence-corrected chi connectivity index (χ3v) is 2.79. The Labute approximate surface area is 97.7 Å².